The average Bonchev–Trinajstić information content (AvgIpc) is 3.03. The number of nitrogens with two attached hydrogens (primary N) is 1. The molecular formula is C19H33N3O2. The zero-order valence-electron chi connectivity index (χ0n) is 15.7. The summed E-state index contributed by atoms with van der Waals surface area (Å²) in [7, 11) is 0. The number of aliphatic imine (C=N–C) groups is 1. The first-order chi connectivity index (χ1) is 11.4. The molecule has 24 heavy (non-hydrogen) atoms. The summed E-state index contributed by atoms with van der Waals surface area (Å²) in [6, 6.07) is 0. The van der Waals surface area contributed by atoms with Crippen LogP contribution in [0.25, 0.3) is 0 Å². The van der Waals surface area contributed by atoms with Gasteiger partial charge in [0.1, 0.15) is 6.54 Å². The Labute approximate surface area is 146 Å². The van der Waals surface area contributed by atoms with Crippen molar-refractivity contribution >= 4 is 17.4 Å². The summed E-state index contributed by atoms with van der Waals surface area (Å²) in [5, 5.41) is 0. The lowest BCUT2D eigenvalue weighted by molar-refractivity contribution is -0.129. The van der Waals surface area contributed by atoms with Crippen molar-refractivity contribution in [2.75, 3.05) is 19.6 Å². The van der Waals surface area contributed by atoms with Crippen molar-refractivity contribution in [3.05, 3.63) is 11.3 Å². The van der Waals surface area contributed by atoms with Crippen molar-refractivity contribution < 1.29 is 9.59 Å². The van der Waals surface area contributed by atoms with Crippen LogP contribution in [0.15, 0.2) is 16.3 Å². The molecule has 0 heterocycles. The molecule has 0 bridgehead atoms. The normalized spacial score (nSPS) is 19.4. The third-order valence-electron chi connectivity index (χ3n) is 4.73. The third-order valence-corrected chi connectivity index (χ3v) is 4.73. The van der Waals surface area contributed by atoms with E-state index in [1.165, 1.54) is 6.92 Å². The molecule has 1 atom stereocenters. The van der Waals surface area contributed by atoms with E-state index in [-0.39, 0.29) is 18.2 Å². The molecule has 0 aromatic heterocycles. The Hall–Kier alpha value is -1.65. The molecule has 1 saturated carbocycles. The number of rotatable bonds is 9. The van der Waals surface area contributed by atoms with Crippen LogP contribution in [-0.4, -0.2) is 41.9 Å². The van der Waals surface area contributed by atoms with Gasteiger partial charge in [-0.05, 0) is 43.6 Å². The molecule has 5 nitrogen and oxygen atoms in total. The van der Waals surface area contributed by atoms with E-state index in [0.29, 0.717) is 11.6 Å². The van der Waals surface area contributed by atoms with Gasteiger partial charge in [0.05, 0.1) is 5.70 Å². The molecule has 1 amide bonds. The topological polar surface area (TPSA) is 75.8 Å². The minimum Gasteiger partial charge on any atom is -0.396 e. The van der Waals surface area contributed by atoms with Crippen LogP contribution >= 0.6 is 0 Å². The van der Waals surface area contributed by atoms with Crippen LogP contribution in [0.2, 0.25) is 0 Å². The number of ketones is 1. The van der Waals surface area contributed by atoms with Crippen LogP contribution in [0.3, 0.4) is 0 Å². The zero-order chi connectivity index (χ0) is 18.1. The van der Waals surface area contributed by atoms with Crippen molar-refractivity contribution in [1.82, 2.24) is 4.90 Å². The van der Waals surface area contributed by atoms with Gasteiger partial charge in [0.2, 0.25) is 5.91 Å². The maximum absolute atomic E-state index is 12.5. The molecule has 1 rings (SSSR count). The predicted octanol–water partition coefficient (Wildman–Crippen LogP) is 3.09. The van der Waals surface area contributed by atoms with Crippen molar-refractivity contribution in [1.29, 1.82) is 0 Å². The monoisotopic (exact) mass is 335 g/mol. The number of carbonyl (C=O) groups is 2. The number of nitrogens with zero attached hydrogens (tertiary/aromatic N) is 2. The highest BCUT2D eigenvalue weighted by molar-refractivity contribution is 6.09. The van der Waals surface area contributed by atoms with Gasteiger partial charge in [0.25, 0.3) is 0 Å². The summed E-state index contributed by atoms with van der Waals surface area (Å²) in [4.78, 5) is 30.4. The quantitative estimate of drug-likeness (QED) is 0.658. The summed E-state index contributed by atoms with van der Waals surface area (Å²) < 4.78 is 0. The van der Waals surface area contributed by atoms with E-state index >= 15 is 0 Å². The first kappa shape index (κ1) is 20.4. The lowest BCUT2D eigenvalue weighted by atomic mass is 10.1. The fraction of sp³-hybridized carbons (Fsp3) is 0.737. The molecule has 0 aromatic carbocycles. The van der Waals surface area contributed by atoms with Crippen LogP contribution in [0.4, 0.5) is 0 Å². The number of amides is 1. The molecule has 1 unspecified atom stereocenters. The minimum atomic E-state index is -0.118. The Bertz CT molecular complexity index is 509. The van der Waals surface area contributed by atoms with Crippen LogP contribution in [0.5, 0.6) is 0 Å². The number of hydrogen-bond acceptors (Lipinski definition) is 4. The second kappa shape index (κ2) is 10.3. The van der Waals surface area contributed by atoms with E-state index in [1.54, 1.807) is 0 Å². The second-order valence-corrected chi connectivity index (χ2v) is 6.75. The first-order valence-corrected chi connectivity index (χ1v) is 9.21. The third kappa shape index (κ3) is 6.10. The molecule has 2 N–H and O–H groups in total. The maximum Gasteiger partial charge on any atom is 0.244 e. The molecule has 1 aliphatic rings. The van der Waals surface area contributed by atoms with Gasteiger partial charge in [-0.25, -0.2) is 0 Å². The van der Waals surface area contributed by atoms with E-state index in [9.17, 15) is 9.59 Å². The van der Waals surface area contributed by atoms with E-state index in [1.807, 2.05) is 4.90 Å². The lowest BCUT2D eigenvalue weighted by Crippen LogP contribution is -2.35. The van der Waals surface area contributed by atoms with Gasteiger partial charge in [0.15, 0.2) is 5.78 Å². The van der Waals surface area contributed by atoms with Crippen LogP contribution in [-0.2, 0) is 9.59 Å². The Balaban J connectivity index is 2.73. The van der Waals surface area contributed by atoms with E-state index in [4.69, 9.17) is 5.73 Å². The zero-order valence-corrected chi connectivity index (χ0v) is 15.7. The number of Topliss-reactive ketones (excluding diaryl/α,β-unsaturated/α-hetero) is 1. The van der Waals surface area contributed by atoms with Crippen molar-refractivity contribution in [3.8, 4) is 0 Å². The summed E-state index contributed by atoms with van der Waals surface area (Å²) >= 11 is 0. The number of allylic oxidation sites excluding steroid dienone is 2. The molecule has 0 aromatic rings. The second-order valence-electron chi connectivity index (χ2n) is 6.75. The Kier molecular flexibility index (Phi) is 8.72. The highest BCUT2D eigenvalue weighted by Crippen LogP contribution is 2.24. The average molecular weight is 335 g/mol. The summed E-state index contributed by atoms with van der Waals surface area (Å²) in [6.07, 6.45) is 5.65. The standard InChI is InChI=1S/C19H33N3O2/c1-5-11-22(12-10-14(3)6-2)18(24)13-21-17-9-7-8-16(17)19(20)15(4)23/h14H,5-13,20H2,1-4H3/b19-16-,21-17?. The summed E-state index contributed by atoms with van der Waals surface area (Å²) in [5.41, 5.74) is 7.87. The Morgan fingerprint density at radius 1 is 1.25 bits per heavy atom. The van der Waals surface area contributed by atoms with E-state index < -0.39 is 0 Å². The number of carbonyl (C=O) groups excluding carboxylic acids is 2. The SMILES string of the molecule is CCCN(CCC(C)CC)C(=O)CN=C1CCC/C1=C(/N)C(C)=O. The molecule has 1 aliphatic carbocycles. The highest BCUT2D eigenvalue weighted by atomic mass is 16.2. The number of hydrogen-bond donors (Lipinski definition) is 1. The van der Waals surface area contributed by atoms with E-state index in [0.717, 1.165) is 62.9 Å². The molecule has 1 fully saturated rings. The van der Waals surface area contributed by atoms with Gasteiger partial charge >= 0.3 is 0 Å². The van der Waals surface area contributed by atoms with Crippen LogP contribution in [0, 0.1) is 5.92 Å². The summed E-state index contributed by atoms with van der Waals surface area (Å²) in [6.45, 7) is 9.68. The predicted molar refractivity (Wildman–Crippen MR) is 99.0 cm³/mol. The summed E-state index contributed by atoms with van der Waals surface area (Å²) in [5.74, 6) is 0.579. The van der Waals surface area contributed by atoms with Gasteiger partial charge in [-0.15, -0.1) is 0 Å². The smallest absolute Gasteiger partial charge is 0.244 e. The van der Waals surface area contributed by atoms with Gasteiger partial charge in [-0.3, -0.25) is 14.6 Å². The largest absolute Gasteiger partial charge is 0.396 e. The fourth-order valence-corrected chi connectivity index (χ4v) is 2.88. The Morgan fingerprint density at radius 3 is 2.54 bits per heavy atom. The van der Waals surface area contributed by atoms with Crippen molar-refractivity contribution in [3.63, 3.8) is 0 Å². The molecular weight excluding hydrogens is 302 g/mol. The van der Waals surface area contributed by atoms with Gasteiger partial charge in [-0.2, -0.15) is 0 Å². The van der Waals surface area contributed by atoms with Crippen LogP contribution < -0.4 is 5.73 Å². The van der Waals surface area contributed by atoms with E-state index in [2.05, 4.69) is 25.8 Å². The highest BCUT2D eigenvalue weighted by Gasteiger charge is 2.21. The van der Waals surface area contributed by atoms with Crippen LogP contribution in [0.1, 0.15) is 66.2 Å². The molecule has 136 valence electrons. The molecule has 0 saturated heterocycles. The molecule has 0 radical (unpaired) electrons. The van der Waals surface area contributed by atoms with Gasteiger partial charge < -0.3 is 10.6 Å². The molecule has 5 heteroatoms. The first-order valence-electron chi connectivity index (χ1n) is 9.21. The lowest BCUT2D eigenvalue weighted by Gasteiger charge is -2.23. The van der Waals surface area contributed by atoms with Crippen molar-refractivity contribution in [2.24, 2.45) is 16.6 Å². The van der Waals surface area contributed by atoms with Crippen molar-refractivity contribution in [2.45, 2.75) is 66.2 Å². The molecule has 0 spiro atoms. The van der Waals surface area contributed by atoms with Gasteiger partial charge in [0, 0.05) is 25.7 Å². The minimum absolute atomic E-state index is 0.0697. The maximum atomic E-state index is 12.5. The Morgan fingerprint density at radius 2 is 1.96 bits per heavy atom. The molecule has 0 aliphatic heterocycles. The fourth-order valence-electron chi connectivity index (χ4n) is 2.88. The van der Waals surface area contributed by atoms with Gasteiger partial charge in [-0.1, -0.05) is 27.2 Å².